The zero-order valence-corrected chi connectivity index (χ0v) is 14.1. The number of rotatable bonds is 9. The van der Waals surface area contributed by atoms with Gasteiger partial charge in [-0.2, -0.15) is 0 Å². The fraction of sp³-hybridized carbons (Fsp3) is 0.500. The van der Waals surface area contributed by atoms with Crippen LogP contribution in [0.3, 0.4) is 0 Å². The van der Waals surface area contributed by atoms with E-state index in [4.69, 9.17) is 28.3 Å². The van der Waals surface area contributed by atoms with E-state index < -0.39 is 5.97 Å². The average molecular weight is 346 g/mol. The number of carboxylic acid groups (broad SMARTS) is 1. The number of aliphatic carboxylic acids is 1. The number of unbranched alkanes of at least 4 members (excludes halogenated alkanes) is 3. The van der Waals surface area contributed by atoms with Crippen LogP contribution in [0.4, 0.5) is 0 Å². The molecule has 0 fully saturated rings. The largest absolute Gasteiger partial charge is 0.481 e. The smallest absolute Gasteiger partial charge is 0.303 e. The van der Waals surface area contributed by atoms with Crippen LogP contribution in [0, 0.1) is 0 Å². The number of benzene rings is 1. The van der Waals surface area contributed by atoms with Gasteiger partial charge in [0.1, 0.15) is 0 Å². The Hall–Kier alpha value is -1.26. The van der Waals surface area contributed by atoms with Gasteiger partial charge < -0.3 is 10.4 Å². The van der Waals surface area contributed by atoms with Gasteiger partial charge in [0.05, 0.1) is 16.0 Å². The van der Waals surface area contributed by atoms with Gasteiger partial charge in [-0.05, 0) is 37.5 Å². The number of nitrogens with one attached hydrogen (secondary N) is 1. The molecule has 1 unspecified atom stereocenters. The van der Waals surface area contributed by atoms with E-state index in [2.05, 4.69) is 5.32 Å². The van der Waals surface area contributed by atoms with E-state index in [9.17, 15) is 9.59 Å². The number of carbonyl (C=O) groups is 2. The molecule has 122 valence electrons. The van der Waals surface area contributed by atoms with Crippen LogP contribution in [0.2, 0.25) is 10.0 Å². The van der Waals surface area contributed by atoms with Gasteiger partial charge in [0, 0.05) is 13.0 Å². The fourth-order valence-electron chi connectivity index (χ4n) is 2.05. The van der Waals surface area contributed by atoms with E-state index in [0.29, 0.717) is 23.0 Å². The van der Waals surface area contributed by atoms with Crippen LogP contribution in [0.5, 0.6) is 0 Å². The summed E-state index contributed by atoms with van der Waals surface area (Å²) in [5.41, 5.74) is 0.827. The lowest BCUT2D eigenvalue weighted by molar-refractivity contribution is -0.137. The highest BCUT2D eigenvalue weighted by atomic mass is 35.5. The van der Waals surface area contributed by atoms with Crippen LogP contribution in [0.15, 0.2) is 18.2 Å². The first kappa shape index (κ1) is 18.8. The topological polar surface area (TPSA) is 66.4 Å². The minimum Gasteiger partial charge on any atom is -0.481 e. The molecule has 1 rings (SSSR count). The van der Waals surface area contributed by atoms with Crippen LogP contribution < -0.4 is 5.32 Å². The van der Waals surface area contributed by atoms with Crippen molar-refractivity contribution in [2.75, 3.05) is 6.54 Å². The molecule has 0 heterocycles. The van der Waals surface area contributed by atoms with Crippen molar-refractivity contribution in [3.05, 3.63) is 33.8 Å². The summed E-state index contributed by atoms with van der Waals surface area (Å²) >= 11 is 11.8. The molecular formula is C16H21Cl2NO3. The lowest BCUT2D eigenvalue weighted by Crippen LogP contribution is -2.28. The molecular weight excluding hydrogens is 325 g/mol. The summed E-state index contributed by atoms with van der Waals surface area (Å²) < 4.78 is 0. The second kappa shape index (κ2) is 9.70. The Balaban J connectivity index is 2.27. The molecule has 1 aromatic carbocycles. The van der Waals surface area contributed by atoms with E-state index in [1.165, 1.54) is 0 Å². The van der Waals surface area contributed by atoms with Crippen LogP contribution >= 0.6 is 23.2 Å². The maximum atomic E-state index is 12.1. The van der Waals surface area contributed by atoms with E-state index in [-0.39, 0.29) is 18.2 Å². The Labute approximate surface area is 140 Å². The highest BCUT2D eigenvalue weighted by Crippen LogP contribution is 2.26. The van der Waals surface area contributed by atoms with Gasteiger partial charge in [0.25, 0.3) is 0 Å². The van der Waals surface area contributed by atoms with E-state index in [0.717, 1.165) is 24.8 Å². The SMILES string of the molecule is CC(C(=O)NCCCCCCC(=O)O)c1ccc(Cl)c(Cl)c1. The summed E-state index contributed by atoms with van der Waals surface area (Å²) in [7, 11) is 0. The number of halogens is 2. The molecule has 0 aromatic heterocycles. The molecule has 0 saturated heterocycles. The average Bonchev–Trinajstić information content (AvgIpc) is 2.47. The van der Waals surface area contributed by atoms with E-state index >= 15 is 0 Å². The van der Waals surface area contributed by atoms with Crippen molar-refractivity contribution in [1.82, 2.24) is 5.32 Å². The lowest BCUT2D eigenvalue weighted by Gasteiger charge is -2.13. The lowest BCUT2D eigenvalue weighted by atomic mass is 10.0. The third-order valence-electron chi connectivity index (χ3n) is 3.45. The summed E-state index contributed by atoms with van der Waals surface area (Å²) in [6.45, 7) is 2.42. The maximum Gasteiger partial charge on any atom is 0.303 e. The Morgan fingerprint density at radius 1 is 1.14 bits per heavy atom. The second-order valence-electron chi connectivity index (χ2n) is 5.24. The van der Waals surface area contributed by atoms with Gasteiger partial charge >= 0.3 is 5.97 Å². The van der Waals surface area contributed by atoms with Gasteiger partial charge in [-0.3, -0.25) is 9.59 Å². The molecule has 22 heavy (non-hydrogen) atoms. The van der Waals surface area contributed by atoms with Crippen molar-refractivity contribution in [2.45, 2.75) is 44.9 Å². The molecule has 0 aliphatic carbocycles. The van der Waals surface area contributed by atoms with Gasteiger partial charge in [0.15, 0.2) is 0 Å². The standard InChI is InChI=1S/C16H21Cl2NO3/c1-11(12-7-8-13(17)14(18)10-12)16(22)19-9-5-3-2-4-6-15(20)21/h7-8,10-11H,2-6,9H2,1H3,(H,19,22)(H,20,21). The summed E-state index contributed by atoms with van der Waals surface area (Å²) in [5.74, 6) is -1.10. The number of carboxylic acids is 1. The number of hydrogen-bond acceptors (Lipinski definition) is 2. The number of hydrogen-bond donors (Lipinski definition) is 2. The number of amides is 1. The molecule has 1 aromatic rings. The van der Waals surface area contributed by atoms with Crippen LogP contribution in [0.1, 0.15) is 50.5 Å². The maximum absolute atomic E-state index is 12.1. The van der Waals surface area contributed by atoms with Crippen molar-refractivity contribution < 1.29 is 14.7 Å². The Kier molecular flexibility index (Phi) is 8.28. The van der Waals surface area contributed by atoms with Gasteiger partial charge in [-0.1, -0.05) is 42.1 Å². The Morgan fingerprint density at radius 2 is 1.82 bits per heavy atom. The van der Waals surface area contributed by atoms with Crippen molar-refractivity contribution >= 4 is 35.1 Å². The van der Waals surface area contributed by atoms with Crippen LogP contribution in [-0.4, -0.2) is 23.5 Å². The van der Waals surface area contributed by atoms with Crippen molar-refractivity contribution in [2.24, 2.45) is 0 Å². The van der Waals surface area contributed by atoms with Gasteiger partial charge in [-0.25, -0.2) is 0 Å². The van der Waals surface area contributed by atoms with Crippen LogP contribution in [0.25, 0.3) is 0 Å². The van der Waals surface area contributed by atoms with Crippen molar-refractivity contribution in [1.29, 1.82) is 0 Å². The Bertz CT molecular complexity index is 520. The molecule has 4 nitrogen and oxygen atoms in total. The molecule has 0 saturated carbocycles. The molecule has 0 spiro atoms. The summed E-state index contributed by atoms with van der Waals surface area (Å²) in [4.78, 5) is 22.4. The fourth-order valence-corrected chi connectivity index (χ4v) is 2.36. The molecule has 0 bridgehead atoms. The third-order valence-corrected chi connectivity index (χ3v) is 4.19. The highest BCUT2D eigenvalue weighted by molar-refractivity contribution is 6.42. The summed E-state index contributed by atoms with van der Waals surface area (Å²) in [5, 5.41) is 12.3. The normalized spacial score (nSPS) is 12.0. The minimum absolute atomic E-state index is 0.0519. The Morgan fingerprint density at radius 3 is 2.45 bits per heavy atom. The predicted molar refractivity (Wildman–Crippen MR) is 88.6 cm³/mol. The zero-order valence-electron chi connectivity index (χ0n) is 12.6. The molecule has 0 radical (unpaired) electrons. The third kappa shape index (κ3) is 6.67. The molecule has 1 amide bonds. The van der Waals surface area contributed by atoms with Crippen molar-refractivity contribution in [3.8, 4) is 0 Å². The quantitative estimate of drug-likeness (QED) is 0.657. The molecule has 0 aliphatic heterocycles. The zero-order chi connectivity index (χ0) is 16.5. The second-order valence-corrected chi connectivity index (χ2v) is 6.06. The summed E-state index contributed by atoms with van der Waals surface area (Å²) in [6.07, 6.45) is 3.52. The van der Waals surface area contributed by atoms with Gasteiger partial charge in [-0.15, -0.1) is 0 Å². The van der Waals surface area contributed by atoms with E-state index in [1.54, 1.807) is 18.2 Å². The van der Waals surface area contributed by atoms with Crippen molar-refractivity contribution in [3.63, 3.8) is 0 Å². The van der Waals surface area contributed by atoms with Gasteiger partial charge in [0.2, 0.25) is 5.91 Å². The molecule has 1 atom stereocenters. The predicted octanol–water partition coefficient (Wildman–Crippen LogP) is 4.25. The molecule has 0 aliphatic rings. The highest BCUT2D eigenvalue weighted by Gasteiger charge is 2.15. The van der Waals surface area contributed by atoms with E-state index in [1.807, 2.05) is 6.92 Å². The first-order chi connectivity index (χ1) is 10.4. The first-order valence-corrected chi connectivity index (χ1v) is 8.12. The monoisotopic (exact) mass is 345 g/mol. The number of carbonyl (C=O) groups excluding carboxylic acids is 1. The molecule has 6 heteroatoms. The minimum atomic E-state index is -0.760. The molecule has 2 N–H and O–H groups in total. The first-order valence-electron chi connectivity index (χ1n) is 7.36. The summed E-state index contributed by atoms with van der Waals surface area (Å²) in [6, 6.07) is 5.19. The van der Waals surface area contributed by atoms with Crippen LogP contribution in [-0.2, 0) is 9.59 Å².